The summed E-state index contributed by atoms with van der Waals surface area (Å²) in [4.78, 5) is 0. The third-order valence-electron chi connectivity index (χ3n) is 2.54. The highest BCUT2D eigenvalue weighted by molar-refractivity contribution is 5.11. The van der Waals surface area contributed by atoms with Gasteiger partial charge in [-0.3, -0.25) is 10.00 Å². The molecule has 0 saturated heterocycles. The van der Waals surface area contributed by atoms with Crippen molar-refractivity contribution in [1.29, 1.82) is 0 Å². The van der Waals surface area contributed by atoms with Crippen molar-refractivity contribution in [1.82, 2.24) is 15.1 Å². The highest BCUT2D eigenvalue weighted by Gasteiger charge is 2.10. The minimum atomic E-state index is 0.143. The number of hydrogen-bond acceptors (Lipinski definition) is 2. The van der Waals surface area contributed by atoms with Gasteiger partial charge < -0.3 is 0 Å². The SMILES string of the molecule is C#CC(CC)NC(C)c1cnn(CC)c1. The van der Waals surface area contributed by atoms with Crippen LogP contribution in [0.15, 0.2) is 12.4 Å². The predicted molar refractivity (Wildman–Crippen MR) is 62.4 cm³/mol. The van der Waals surface area contributed by atoms with E-state index < -0.39 is 0 Å². The van der Waals surface area contributed by atoms with Gasteiger partial charge in [-0.1, -0.05) is 12.8 Å². The molecule has 0 aromatic carbocycles. The quantitative estimate of drug-likeness (QED) is 0.745. The fourth-order valence-electron chi connectivity index (χ4n) is 1.46. The maximum atomic E-state index is 5.41. The van der Waals surface area contributed by atoms with Crippen molar-refractivity contribution in [2.75, 3.05) is 0 Å². The molecule has 3 heteroatoms. The van der Waals surface area contributed by atoms with Gasteiger partial charge >= 0.3 is 0 Å². The Morgan fingerprint density at radius 2 is 2.33 bits per heavy atom. The molecule has 2 unspecified atom stereocenters. The first kappa shape index (κ1) is 11.8. The lowest BCUT2D eigenvalue weighted by molar-refractivity contribution is 0.511. The van der Waals surface area contributed by atoms with Crippen LogP contribution in [0.3, 0.4) is 0 Å². The smallest absolute Gasteiger partial charge is 0.0688 e. The van der Waals surface area contributed by atoms with Gasteiger partial charge in [0.1, 0.15) is 0 Å². The molecule has 0 amide bonds. The number of rotatable bonds is 5. The van der Waals surface area contributed by atoms with Crippen molar-refractivity contribution in [3.8, 4) is 12.3 Å². The summed E-state index contributed by atoms with van der Waals surface area (Å²) in [6.45, 7) is 7.17. The Balaban J connectivity index is 2.60. The van der Waals surface area contributed by atoms with E-state index in [1.165, 1.54) is 5.56 Å². The van der Waals surface area contributed by atoms with Crippen LogP contribution in [0.1, 0.15) is 38.8 Å². The van der Waals surface area contributed by atoms with E-state index in [0.717, 1.165) is 13.0 Å². The second-order valence-electron chi connectivity index (χ2n) is 3.65. The molecule has 1 heterocycles. The van der Waals surface area contributed by atoms with Crippen LogP contribution in [0.4, 0.5) is 0 Å². The van der Waals surface area contributed by atoms with Crippen molar-refractivity contribution >= 4 is 0 Å². The maximum Gasteiger partial charge on any atom is 0.0688 e. The Morgan fingerprint density at radius 1 is 1.60 bits per heavy atom. The van der Waals surface area contributed by atoms with Crippen LogP contribution in [-0.4, -0.2) is 15.8 Å². The Bertz CT molecular complexity index is 335. The van der Waals surface area contributed by atoms with Crippen LogP contribution >= 0.6 is 0 Å². The summed E-state index contributed by atoms with van der Waals surface area (Å²) in [5.41, 5.74) is 1.19. The van der Waals surface area contributed by atoms with Gasteiger partial charge in [0.2, 0.25) is 0 Å². The van der Waals surface area contributed by atoms with Gasteiger partial charge in [0, 0.05) is 24.3 Å². The molecule has 0 fully saturated rings. The molecule has 0 radical (unpaired) electrons. The third kappa shape index (κ3) is 3.10. The van der Waals surface area contributed by atoms with Gasteiger partial charge in [-0.15, -0.1) is 6.42 Å². The number of hydrogen-bond donors (Lipinski definition) is 1. The average molecular weight is 205 g/mol. The van der Waals surface area contributed by atoms with E-state index in [9.17, 15) is 0 Å². The van der Waals surface area contributed by atoms with E-state index in [1.54, 1.807) is 0 Å². The summed E-state index contributed by atoms with van der Waals surface area (Å²) < 4.78 is 1.92. The highest BCUT2D eigenvalue weighted by atomic mass is 15.3. The monoisotopic (exact) mass is 205 g/mol. The summed E-state index contributed by atoms with van der Waals surface area (Å²) >= 11 is 0. The first-order valence-corrected chi connectivity index (χ1v) is 5.45. The zero-order valence-corrected chi connectivity index (χ0v) is 9.70. The topological polar surface area (TPSA) is 29.9 Å². The van der Waals surface area contributed by atoms with Crippen LogP contribution in [0.25, 0.3) is 0 Å². The van der Waals surface area contributed by atoms with Crippen molar-refractivity contribution in [2.24, 2.45) is 0 Å². The fourth-order valence-corrected chi connectivity index (χ4v) is 1.46. The number of nitrogens with one attached hydrogen (secondary N) is 1. The molecule has 0 aliphatic heterocycles. The number of terminal acetylenes is 1. The lowest BCUT2D eigenvalue weighted by Crippen LogP contribution is -2.29. The first-order chi connectivity index (χ1) is 7.21. The Hall–Kier alpha value is -1.27. The van der Waals surface area contributed by atoms with Crippen LogP contribution in [0.5, 0.6) is 0 Å². The molecule has 1 rings (SSSR count). The largest absolute Gasteiger partial charge is 0.297 e. The molecule has 82 valence electrons. The van der Waals surface area contributed by atoms with Gasteiger partial charge in [-0.25, -0.2) is 0 Å². The van der Waals surface area contributed by atoms with Gasteiger partial charge in [0.15, 0.2) is 0 Å². The van der Waals surface area contributed by atoms with Gasteiger partial charge in [0.25, 0.3) is 0 Å². The molecular formula is C12H19N3. The minimum absolute atomic E-state index is 0.143. The van der Waals surface area contributed by atoms with Crippen LogP contribution < -0.4 is 5.32 Å². The summed E-state index contributed by atoms with van der Waals surface area (Å²) in [5, 5.41) is 7.62. The molecule has 0 bridgehead atoms. The molecule has 0 saturated carbocycles. The number of nitrogens with zero attached hydrogens (tertiary/aromatic N) is 2. The molecule has 1 aromatic heterocycles. The molecular weight excluding hydrogens is 186 g/mol. The maximum absolute atomic E-state index is 5.41. The Labute approximate surface area is 91.9 Å². The minimum Gasteiger partial charge on any atom is -0.297 e. The fraction of sp³-hybridized carbons (Fsp3) is 0.583. The highest BCUT2D eigenvalue weighted by Crippen LogP contribution is 2.12. The lowest BCUT2D eigenvalue weighted by atomic mass is 10.1. The van der Waals surface area contributed by atoms with E-state index >= 15 is 0 Å². The predicted octanol–water partition coefficient (Wildman–Crippen LogP) is 1.97. The summed E-state index contributed by atoms with van der Waals surface area (Å²) in [7, 11) is 0. The Kier molecular flexibility index (Phi) is 4.38. The third-order valence-corrected chi connectivity index (χ3v) is 2.54. The second kappa shape index (κ2) is 5.57. The lowest BCUT2D eigenvalue weighted by Gasteiger charge is -2.16. The normalized spacial score (nSPS) is 14.5. The van der Waals surface area contributed by atoms with Crippen molar-refractivity contribution in [3.63, 3.8) is 0 Å². The average Bonchev–Trinajstić information content (AvgIpc) is 2.74. The summed E-state index contributed by atoms with van der Waals surface area (Å²) in [5.74, 6) is 2.73. The second-order valence-corrected chi connectivity index (χ2v) is 3.65. The molecule has 15 heavy (non-hydrogen) atoms. The van der Waals surface area contributed by atoms with E-state index in [0.29, 0.717) is 0 Å². The molecule has 1 aromatic rings. The molecule has 0 aliphatic carbocycles. The zero-order chi connectivity index (χ0) is 11.3. The molecule has 3 nitrogen and oxygen atoms in total. The van der Waals surface area contributed by atoms with Crippen molar-refractivity contribution in [2.45, 2.75) is 45.8 Å². The van der Waals surface area contributed by atoms with E-state index in [-0.39, 0.29) is 12.1 Å². The summed E-state index contributed by atoms with van der Waals surface area (Å²) in [6, 6.07) is 0.399. The zero-order valence-electron chi connectivity index (χ0n) is 9.70. The van der Waals surface area contributed by atoms with E-state index in [4.69, 9.17) is 6.42 Å². The standard InChI is InChI=1S/C12H19N3/c1-5-12(6-2)14-10(4)11-8-13-15(7-3)9-11/h1,8-10,12,14H,6-7H2,2-4H3. The van der Waals surface area contributed by atoms with Crippen LogP contribution in [0, 0.1) is 12.3 Å². The molecule has 0 aliphatic rings. The van der Waals surface area contributed by atoms with Gasteiger partial charge in [-0.2, -0.15) is 5.10 Å². The molecule has 0 spiro atoms. The number of aromatic nitrogens is 2. The number of aryl methyl sites for hydroxylation is 1. The summed E-state index contributed by atoms with van der Waals surface area (Å²) in [6.07, 6.45) is 10.3. The van der Waals surface area contributed by atoms with Gasteiger partial charge in [0.05, 0.1) is 12.2 Å². The van der Waals surface area contributed by atoms with E-state index in [1.807, 2.05) is 10.9 Å². The first-order valence-electron chi connectivity index (χ1n) is 5.45. The van der Waals surface area contributed by atoms with Crippen LogP contribution in [0.2, 0.25) is 0 Å². The molecule has 1 N–H and O–H groups in total. The Morgan fingerprint density at radius 3 is 2.80 bits per heavy atom. The molecule has 2 atom stereocenters. The van der Waals surface area contributed by atoms with Crippen LogP contribution in [-0.2, 0) is 6.54 Å². The van der Waals surface area contributed by atoms with E-state index in [2.05, 4.69) is 43.3 Å². The van der Waals surface area contributed by atoms with Gasteiger partial charge in [-0.05, 0) is 20.3 Å². The van der Waals surface area contributed by atoms with Crippen molar-refractivity contribution in [3.05, 3.63) is 18.0 Å². The van der Waals surface area contributed by atoms with Crippen molar-refractivity contribution < 1.29 is 0 Å².